The van der Waals surface area contributed by atoms with Crippen LogP contribution in [0.5, 0.6) is 0 Å². The molecule has 1 aromatic heterocycles. The van der Waals surface area contributed by atoms with Gasteiger partial charge in [-0.3, -0.25) is 29.0 Å². The van der Waals surface area contributed by atoms with Gasteiger partial charge in [0, 0.05) is 44.7 Å². The highest BCUT2D eigenvalue weighted by Crippen LogP contribution is 2.49. The molecule has 4 heterocycles. The molecule has 0 saturated carbocycles. The molecule has 2 saturated heterocycles. The fraction of sp³-hybridized carbons (Fsp3) is 0.150. The van der Waals surface area contributed by atoms with E-state index in [1.807, 2.05) is 30.3 Å². The predicted molar refractivity (Wildman–Crippen MR) is 228 cm³/mol. The second-order valence-corrected chi connectivity index (χ2v) is 17.4. The second kappa shape index (κ2) is 15.3. The van der Waals surface area contributed by atoms with Gasteiger partial charge >= 0.3 is 11.9 Å². The molecule has 8 rings (SSSR count). The highest BCUT2D eigenvalue weighted by molar-refractivity contribution is 8.27. The van der Waals surface area contributed by atoms with E-state index in [1.54, 1.807) is 23.9 Å². The van der Waals surface area contributed by atoms with Gasteiger partial charge in [-0.05, 0) is 78.6 Å². The van der Waals surface area contributed by atoms with Gasteiger partial charge in [0.15, 0.2) is 0 Å². The van der Waals surface area contributed by atoms with Crippen LogP contribution in [0.25, 0.3) is 34.0 Å². The van der Waals surface area contributed by atoms with Gasteiger partial charge in [0.25, 0.3) is 11.8 Å². The number of hydrogen-bond donors (Lipinski definition) is 2. The first kappa shape index (κ1) is 37.0. The molecule has 15 heteroatoms. The summed E-state index contributed by atoms with van der Waals surface area (Å²) in [6.07, 6.45) is 5.38. The minimum atomic E-state index is -1.11. The quantitative estimate of drug-likeness (QED) is 0.0755. The van der Waals surface area contributed by atoms with Crippen LogP contribution in [0.15, 0.2) is 105 Å². The van der Waals surface area contributed by atoms with Crippen molar-refractivity contribution in [1.82, 2.24) is 14.4 Å². The highest BCUT2D eigenvalue weighted by Gasteiger charge is 2.34. The molecule has 2 fully saturated rings. The molecular formula is C40H30N4O6S5. The van der Waals surface area contributed by atoms with Crippen molar-refractivity contribution in [2.45, 2.75) is 29.2 Å². The fourth-order valence-corrected chi connectivity index (χ4v) is 10.6. The third kappa shape index (κ3) is 7.30. The summed E-state index contributed by atoms with van der Waals surface area (Å²) < 4.78 is 2.83. The summed E-state index contributed by atoms with van der Waals surface area (Å²) in [5.41, 5.74) is 6.12. The highest BCUT2D eigenvalue weighted by atomic mass is 32.2. The summed E-state index contributed by atoms with van der Waals surface area (Å²) in [6.45, 7) is 0.673. The van der Waals surface area contributed by atoms with E-state index in [-0.39, 0.29) is 8.64 Å². The lowest BCUT2D eigenvalue weighted by Crippen LogP contribution is -2.33. The molecule has 0 spiro atoms. The fourth-order valence-electron chi connectivity index (χ4n) is 6.97. The van der Waals surface area contributed by atoms with Crippen molar-refractivity contribution in [1.29, 1.82) is 0 Å². The number of nitrogens with zero attached hydrogens (tertiary/aromatic N) is 4. The summed E-state index contributed by atoms with van der Waals surface area (Å²) in [5, 5.41) is 20.6. The third-order valence-electron chi connectivity index (χ3n) is 9.39. The van der Waals surface area contributed by atoms with E-state index in [4.69, 9.17) is 24.4 Å². The van der Waals surface area contributed by atoms with Crippen molar-refractivity contribution in [3.05, 3.63) is 106 Å². The van der Waals surface area contributed by atoms with Gasteiger partial charge in [-0.1, -0.05) is 102 Å². The molecule has 3 aliphatic rings. The maximum absolute atomic E-state index is 12.9. The number of amides is 2. The Labute approximate surface area is 338 Å². The Kier molecular flexibility index (Phi) is 10.3. The second-order valence-electron chi connectivity index (χ2n) is 12.9. The molecule has 2 amide bonds. The molecule has 0 unspecified atom stereocenters. The van der Waals surface area contributed by atoms with Gasteiger partial charge in [-0.25, -0.2) is 0 Å². The minimum absolute atomic E-state index is 0.239. The SMILES string of the molecule is O=C(O)CN1C(=O)/C(=C\c2ccc3c(c2)Sc2ccccc2N3CCCCn2c3ccccc3c3cc(/C=C4/SC(=S)N(CC(=O)O)C4=O)ccc32)SC1=S. The molecule has 4 aromatic carbocycles. The number of thiocarbonyl (C=S) groups is 2. The Hall–Kier alpha value is -4.93. The van der Waals surface area contributed by atoms with Crippen molar-refractivity contribution in [2.24, 2.45) is 0 Å². The van der Waals surface area contributed by atoms with Gasteiger partial charge in [0.05, 0.1) is 21.2 Å². The van der Waals surface area contributed by atoms with Crippen LogP contribution in [0, 0.1) is 0 Å². The molecular weight excluding hydrogens is 793 g/mol. The molecule has 3 aliphatic heterocycles. The zero-order valence-electron chi connectivity index (χ0n) is 28.8. The smallest absolute Gasteiger partial charge is 0.323 e. The van der Waals surface area contributed by atoms with E-state index < -0.39 is 36.8 Å². The Morgan fingerprint density at radius 3 is 1.85 bits per heavy atom. The van der Waals surface area contributed by atoms with Gasteiger partial charge < -0.3 is 19.7 Å². The lowest BCUT2D eigenvalue weighted by Gasteiger charge is -2.33. The van der Waals surface area contributed by atoms with E-state index in [9.17, 15) is 29.4 Å². The van der Waals surface area contributed by atoms with Crippen LogP contribution in [0.4, 0.5) is 11.4 Å². The summed E-state index contributed by atoms with van der Waals surface area (Å²) in [5.74, 6) is -3.02. The van der Waals surface area contributed by atoms with Crippen LogP contribution in [-0.2, 0) is 25.7 Å². The molecule has 0 radical (unpaired) electrons. The molecule has 55 heavy (non-hydrogen) atoms. The van der Waals surface area contributed by atoms with Crippen molar-refractivity contribution in [3.63, 3.8) is 0 Å². The number of carboxylic acid groups (broad SMARTS) is 2. The van der Waals surface area contributed by atoms with E-state index in [2.05, 4.69) is 64.1 Å². The first-order chi connectivity index (χ1) is 26.5. The zero-order valence-corrected chi connectivity index (χ0v) is 32.9. The Morgan fingerprint density at radius 2 is 1.16 bits per heavy atom. The number of para-hydroxylation sites is 2. The summed E-state index contributed by atoms with van der Waals surface area (Å²) >= 11 is 14.5. The summed E-state index contributed by atoms with van der Waals surface area (Å²) in [7, 11) is 0. The number of carboxylic acids is 2. The van der Waals surface area contributed by atoms with Crippen molar-refractivity contribution in [3.8, 4) is 0 Å². The number of aromatic nitrogens is 1. The van der Waals surface area contributed by atoms with E-state index in [0.717, 1.165) is 113 Å². The molecule has 10 nitrogen and oxygen atoms in total. The average Bonchev–Trinajstić information content (AvgIpc) is 3.71. The molecule has 5 aromatic rings. The lowest BCUT2D eigenvalue weighted by atomic mass is 10.1. The number of carbonyl (C=O) groups is 4. The van der Waals surface area contributed by atoms with E-state index in [0.29, 0.717) is 9.81 Å². The Morgan fingerprint density at radius 1 is 0.600 bits per heavy atom. The van der Waals surface area contributed by atoms with Gasteiger partial charge in [-0.2, -0.15) is 0 Å². The van der Waals surface area contributed by atoms with E-state index >= 15 is 0 Å². The molecule has 0 atom stereocenters. The van der Waals surface area contributed by atoms with Gasteiger partial charge in [0.2, 0.25) is 0 Å². The number of hydrogen-bond acceptors (Lipinski definition) is 10. The number of aryl methyl sites for hydroxylation is 1. The van der Waals surface area contributed by atoms with Crippen molar-refractivity contribution in [2.75, 3.05) is 24.5 Å². The van der Waals surface area contributed by atoms with Crippen LogP contribution in [0.3, 0.4) is 0 Å². The standard InChI is InChI=1S/C40H30N4O6S5/c45-35(46)21-43-37(49)33(54-39(43)51)19-23-11-13-28-26(17-23)25-7-1-2-8-27(25)41(28)15-5-6-16-42-29-9-3-4-10-31(29)53-32-18-24(12-14-30(32)42)20-34-38(50)44(22-36(47)48)40(52)55-34/h1-4,7-14,17-20H,5-6,15-16,21-22H2,(H,45,46)(H,47,48)/b33-19+,34-20+. The number of aliphatic carboxylic acids is 2. The number of rotatable bonds is 11. The molecule has 2 N–H and O–H groups in total. The maximum Gasteiger partial charge on any atom is 0.323 e. The van der Waals surface area contributed by atoms with Crippen LogP contribution in [-0.4, -0.2) is 76.6 Å². The van der Waals surface area contributed by atoms with Gasteiger partial charge in [0.1, 0.15) is 21.7 Å². The Balaban J connectivity index is 1.01. The molecule has 276 valence electrons. The average molecular weight is 823 g/mol. The zero-order chi connectivity index (χ0) is 38.4. The van der Waals surface area contributed by atoms with Crippen molar-refractivity contribution >= 4 is 137 Å². The van der Waals surface area contributed by atoms with E-state index in [1.165, 1.54) is 0 Å². The number of unbranched alkanes of at least 4 members (excludes halogenated alkanes) is 1. The number of carbonyl (C=O) groups excluding carboxylic acids is 2. The normalized spacial score (nSPS) is 17.0. The number of fused-ring (bicyclic) bond motifs is 5. The lowest BCUT2D eigenvalue weighted by molar-refractivity contribution is -0.140. The number of thioether (sulfide) groups is 2. The summed E-state index contributed by atoms with van der Waals surface area (Å²) in [6, 6.07) is 28.9. The van der Waals surface area contributed by atoms with Crippen LogP contribution < -0.4 is 4.90 Å². The molecule has 0 bridgehead atoms. The number of benzene rings is 4. The topological polar surface area (TPSA) is 123 Å². The van der Waals surface area contributed by atoms with Crippen LogP contribution in [0.2, 0.25) is 0 Å². The Bertz CT molecular complexity index is 2560. The van der Waals surface area contributed by atoms with Crippen LogP contribution >= 0.6 is 59.7 Å². The molecule has 0 aliphatic carbocycles. The monoisotopic (exact) mass is 822 g/mol. The van der Waals surface area contributed by atoms with Crippen LogP contribution in [0.1, 0.15) is 24.0 Å². The largest absolute Gasteiger partial charge is 0.480 e. The van der Waals surface area contributed by atoms with Gasteiger partial charge in [-0.15, -0.1) is 0 Å². The third-order valence-corrected chi connectivity index (χ3v) is 13.3. The first-order valence-electron chi connectivity index (χ1n) is 17.2. The number of anilines is 2. The van der Waals surface area contributed by atoms with Crippen molar-refractivity contribution < 1.29 is 29.4 Å². The first-order valence-corrected chi connectivity index (χ1v) is 20.5. The summed E-state index contributed by atoms with van der Waals surface area (Å²) in [4.78, 5) is 55.9. The predicted octanol–water partition coefficient (Wildman–Crippen LogP) is 8.45. The minimum Gasteiger partial charge on any atom is -0.480 e. The maximum atomic E-state index is 12.9.